The molecule has 0 amide bonds. The van der Waals surface area contributed by atoms with E-state index < -0.39 is 0 Å². The third kappa shape index (κ3) is 3.09. The van der Waals surface area contributed by atoms with E-state index in [1.54, 1.807) is 0 Å². The van der Waals surface area contributed by atoms with Crippen molar-refractivity contribution in [3.8, 4) is 5.75 Å². The van der Waals surface area contributed by atoms with E-state index >= 15 is 0 Å². The molecule has 1 aliphatic carbocycles. The molecule has 1 aromatic rings. The van der Waals surface area contributed by atoms with E-state index in [-0.39, 0.29) is 12.1 Å². The fourth-order valence-electron chi connectivity index (χ4n) is 1.81. The summed E-state index contributed by atoms with van der Waals surface area (Å²) in [7, 11) is 0. The van der Waals surface area contributed by atoms with Gasteiger partial charge in [0.15, 0.2) is 0 Å². The quantitative estimate of drug-likeness (QED) is 0.578. The molecule has 1 aliphatic rings. The summed E-state index contributed by atoms with van der Waals surface area (Å²) < 4.78 is 10.8. The molecular weight excluding hydrogens is 216 g/mol. The van der Waals surface area contributed by atoms with E-state index in [4.69, 9.17) is 9.47 Å². The van der Waals surface area contributed by atoms with Crippen LogP contribution in [0.2, 0.25) is 0 Å². The van der Waals surface area contributed by atoms with E-state index in [0.717, 1.165) is 18.6 Å². The van der Waals surface area contributed by atoms with Gasteiger partial charge in [0.2, 0.25) is 0 Å². The van der Waals surface area contributed by atoms with Gasteiger partial charge in [-0.1, -0.05) is 24.8 Å². The first-order chi connectivity index (χ1) is 8.29. The molecule has 90 valence electrons. The van der Waals surface area contributed by atoms with Crippen LogP contribution in [0, 0.1) is 5.92 Å². The van der Waals surface area contributed by atoms with E-state index in [2.05, 4.69) is 6.58 Å². The zero-order valence-electron chi connectivity index (χ0n) is 9.67. The lowest BCUT2D eigenvalue weighted by Gasteiger charge is -2.36. The Kier molecular flexibility index (Phi) is 3.81. The van der Waals surface area contributed by atoms with Crippen molar-refractivity contribution in [3.05, 3.63) is 43.0 Å². The van der Waals surface area contributed by atoms with Crippen LogP contribution in [0.1, 0.15) is 12.8 Å². The molecule has 1 fully saturated rings. The van der Waals surface area contributed by atoms with E-state index in [1.165, 1.54) is 6.08 Å². The molecule has 0 aliphatic heterocycles. The second-order valence-corrected chi connectivity index (χ2v) is 4.14. The monoisotopic (exact) mass is 232 g/mol. The highest BCUT2D eigenvalue weighted by atomic mass is 16.5. The molecule has 0 bridgehead atoms. The molecule has 0 heterocycles. The molecule has 0 radical (unpaired) electrons. The molecule has 2 atom stereocenters. The summed E-state index contributed by atoms with van der Waals surface area (Å²) in [4.78, 5) is 10.9. The van der Waals surface area contributed by atoms with Crippen LogP contribution >= 0.6 is 0 Å². The van der Waals surface area contributed by atoms with E-state index in [0.29, 0.717) is 12.5 Å². The maximum Gasteiger partial charge on any atom is 0.330 e. The Morgan fingerprint density at radius 2 is 2.12 bits per heavy atom. The molecule has 17 heavy (non-hydrogen) atoms. The number of para-hydroxylation sites is 1. The second-order valence-electron chi connectivity index (χ2n) is 4.14. The zero-order chi connectivity index (χ0) is 12.1. The third-order valence-corrected chi connectivity index (χ3v) is 2.98. The molecule has 0 saturated heterocycles. The van der Waals surface area contributed by atoms with E-state index in [9.17, 15) is 4.79 Å². The van der Waals surface area contributed by atoms with Gasteiger partial charge in [0.25, 0.3) is 0 Å². The topological polar surface area (TPSA) is 35.5 Å². The fraction of sp³-hybridized carbons (Fsp3) is 0.357. The summed E-state index contributed by atoms with van der Waals surface area (Å²) in [5, 5.41) is 0. The van der Waals surface area contributed by atoms with Crippen molar-refractivity contribution in [1.82, 2.24) is 0 Å². The van der Waals surface area contributed by atoms with Crippen molar-refractivity contribution >= 4 is 5.97 Å². The molecule has 1 saturated carbocycles. The molecule has 1 aromatic carbocycles. The third-order valence-electron chi connectivity index (χ3n) is 2.98. The Morgan fingerprint density at radius 3 is 2.71 bits per heavy atom. The van der Waals surface area contributed by atoms with Gasteiger partial charge in [0.05, 0.1) is 6.61 Å². The fourth-order valence-corrected chi connectivity index (χ4v) is 1.81. The Morgan fingerprint density at radius 1 is 1.35 bits per heavy atom. The van der Waals surface area contributed by atoms with Gasteiger partial charge in [-0.2, -0.15) is 0 Å². The van der Waals surface area contributed by atoms with Crippen LogP contribution in [0.15, 0.2) is 43.0 Å². The van der Waals surface area contributed by atoms with Crippen molar-refractivity contribution in [1.29, 1.82) is 0 Å². The van der Waals surface area contributed by atoms with Gasteiger partial charge < -0.3 is 9.47 Å². The van der Waals surface area contributed by atoms with Crippen LogP contribution in [0.3, 0.4) is 0 Å². The number of hydrogen-bond acceptors (Lipinski definition) is 3. The molecule has 3 nitrogen and oxygen atoms in total. The summed E-state index contributed by atoms with van der Waals surface area (Å²) in [5.41, 5.74) is 0. The Labute approximate surface area is 101 Å². The molecule has 3 heteroatoms. The number of carbonyl (C=O) groups excluding carboxylic acids is 1. The summed E-state index contributed by atoms with van der Waals surface area (Å²) >= 11 is 0. The van der Waals surface area contributed by atoms with Gasteiger partial charge in [0.1, 0.15) is 11.9 Å². The average Bonchev–Trinajstić information content (AvgIpc) is 2.36. The maximum atomic E-state index is 10.9. The first kappa shape index (κ1) is 11.7. The summed E-state index contributed by atoms with van der Waals surface area (Å²) in [5.74, 6) is 0.812. The first-order valence-electron chi connectivity index (χ1n) is 5.80. The minimum absolute atomic E-state index is 0.162. The zero-order valence-corrected chi connectivity index (χ0v) is 9.67. The van der Waals surface area contributed by atoms with Gasteiger partial charge in [-0.15, -0.1) is 0 Å². The summed E-state index contributed by atoms with van der Waals surface area (Å²) in [6.45, 7) is 3.78. The van der Waals surface area contributed by atoms with E-state index in [1.807, 2.05) is 30.3 Å². The normalized spacial score (nSPS) is 22.4. The largest absolute Gasteiger partial charge is 0.490 e. The molecule has 2 rings (SSSR count). The van der Waals surface area contributed by atoms with Crippen LogP contribution in [0.4, 0.5) is 0 Å². The molecular formula is C14H16O3. The lowest BCUT2D eigenvalue weighted by molar-refractivity contribution is -0.141. The first-order valence-corrected chi connectivity index (χ1v) is 5.80. The number of hydrogen-bond donors (Lipinski definition) is 0. The maximum absolute atomic E-state index is 10.9. The highest BCUT2D eigenvalue weighted by molar-refractivity contribution is 5.81. The van der Waals surface area contributed by atoms with Gasteiger partial charge in [-0.3, -0.25) is 0 Å². The van der Waals surface area contributed by atoms with Gasteiger partial charge in [-0.25, -0.2) is 4.79 Å². The van der Waals surface area contributed by atoms with Crippen molar-refractivity contribution in [2.24, 2.45) is 5.92 Å². The molecule has 2 unspecified atom stereocenters. The van der Waals surface area contributed by atoms with Crippen LogP contribution in [0.5, 0.6) is 5.75 Å². The minimum atomic E-state index is -0.365. The number of rotatable bonds is 5. The number of carbonyl (C=O) groups is 1. The lowest BCUT2D eigenvalue weighted by Crippen LogP contribution is -2.39. The highest BCUT2D eigenvalue weighted by Crippen LogP contribution is 2.31. The van der Waals surface area contributed by atoms with Crippen molar-refractivity contribution in [2.45, 2.75) is 18.9 Å². The SMILES string of the molecule is C=CC(=O)OCC1CCC1Oc1ccccc1. The Bertz CT molecular complexity index is 386. The molecule has 0 aromatic heterocycles. The van der Waals surface area contributed by atoms with Gasteiger partial charge in [-0.05, 0) is 25.0 Å². The van der Waals surface area contributed by atoms with Crippen LogP contribution in [-0.4, -0.2) is 18.7 Å². The standard InChI is InChI=1S/C14H16O3/c1-2-14(15)16-10-11-8-9-13(11)17-12-6-4-3-5-7-12/h2-7,11,13H,1,8-10H2. The second kappa shape index (κ2) is 5.53. The lowest BCUT2D eigenvalue weighted by atomic mass is 9.82. The summed E-state index contributed by atoms with van der Waals surface area (Å²) in [6.07, 6.45) is 3.41. The highest BCUT2D eigenvalue weighted by Gasteiger charge is 2.33. The van der Waals surface area contributed by atoms with Crippen LogP contribution in [0.25, 0.3) is 0 Å². The van der Waals surface area contributed by atoms with Crippen molar-refractivity contribution in [2.75, 3.05) is 6.61 Å². The van der Waals surface area contributed by atoms with Crippen molar-refractivity contribution < 1.29 is 14.3 Å². The predicted molar refractivity (Wildman–Crippen MR) is 64.7 cm³/mol. The number of benzene rings is 1. The predicted octanol–water partition coefficient (Wildman–Crippen LogP) is 2.57. The van der Waals surface area contributed by atoms with Gasteiger partial charge >= 0.3 is 5.97 Å². The Balaban J connectivity index is 1.79. The van der Waals surface area contributed by atoms with Crippen LogP contribution in [-0.2, 0) is 9.53 Å². The van der Waals surface area contributed by atoms with Gasteiger partial charge in [0, 0.05) is 12.0 Å². The smallest absolute Gasteiger partial charge is 0.330 e. The Hall–Kier alpha value is -1.77. The number of esters is 1. The minimum Gasteiger partial charge on any atom is -0.490 e. The molecule has 0 N–H and O–H groups in total. The van der Waals surface area contributed by atoms with Crippen LogP contribution < -0.4 is 4.74 Å². The van der Waals surface area contributed by atoms with Crippen molar-refractivity contribution in [3.63, 3.8) is 0 Å². The number of ether oxygens (including phenoxy) is 2. The summed E-state index contributed by atoms with van der Waals surface area (Å²) in [6, 6.07) is 9.72. The molecule has 0 spiro atoms. The average molecular weight is 232 g/mol.